The molecule has 0 radical (unpaired) electrons. The highest BCUT2D eigenvalue weighted by Crippen LogP contribution is 2.67. The van der Waals surface area contributed by atoms with E-state index in [2.05, 4.69) is 5.32 Å². The lowest BCUT2D eigenvalue weighted by Gasteiger charge is -2.68. The largest absolute Gasteiger partial charge is 0.455 e. The second-order valence-electron chi connectivity index (χ2n) is 19.2. The fraction of sp³-hybridized carbons (Fsp3) is 0.587. The second kappa shape index (κ2) is 15.5. The monoisotopic (exact) mass is 863 g/mol. The molecule has 3 aliphatic carbocycles. The van der Waals surface area contributed by atoms with Gasteiger partial charge in [0.25, 0.3) is 0 Å². The van der Waals surface area contributed by atoms with Gasteiger partial charge in [-0.1, -0.05) is 62.4 Å². The topological polar surface area (TPSA) is 223 Å². The van der Waals surface area contributed by atoms with Gasteiger partial charge in [0.1, 0.15) is 35.6 Å². The summed E-state index contributed by atoms with van der Waals surface area (Å²) in [6, 6.07) is 14.9. The molecule has 2 saturated heterocycles. The Morgan fingerprint density at radius 3 is 2.10 bits per heavy atom. The molecule has 16 heteroatoms. The Bertz CT molecular complexity index is 2150. The predicted molar refractivity (Wildman–Crippen MR) is 217 cm³/mol. The van der Waals surface area contributed by atoms with Gasteiger partial charge in [-0.15, -0.1) is 0 Å². The van der Waals surface area contributed by atoms with E-state index in [1.54, 1.807) is 104 Å². The van der Waals surface area contributed by atoms with Crippen LogP contribution in [0.5, 0.6) is 0 Å². The first-order chi connectivity index (χ1) is 28.8. The van der Waals surface area contributed by atoms with Crippen LogP contribution in [0.4, 0.5) is 4.79 Å². The van der Waals surface area contributed by atoms with E-state index in [0.29, 0.717) is 5.56 Å². The molecule has 1 amide bonds. The molecule has 2 heterocycles. The lowest BCUT2D eigenvalue weighted by atomic mass is 9.44. The van der Waals surface area contributed by atoms with Gasteiger partial charge in [-0.2, -0.15) is 0 Å². The van der Waals surface area contributed by atoms with Gasteiger partial charge in [0.15, 0.2) is 29.4 Å². The third-order valence-corrected chi connectivity index (χ3v) is 13.4. The first kappa shape index (κ1) is 45.3. The van der Waals surface area contributed by atoms with Crippen LogP contribution in [0.25, 0.3) is 0 Å². The number of nitrogens with one attached hydrogen (secondary N) is 1. The number of benzene rings is 2. The van der Waals surface area contributed by atoms with E-state index in [-0.39, 0.29) is 29.7 Å². The molecule has 336 valence electrons. The Morgan fingerprint density at radius 2 is 1.53 bits per heavy atom. The zero-order valence-electron chi connectivity index (χ0n) is 36.6. The van der Waals surface area contributed by atoms with Gasteiger partial charge in [0.2, 0.25) is 0 Å². The summed E-state index contributed by atoms with van der Waals surface area (Å²) < 4.78 is 44.3. The zero-order chi connectivity index (χ0) is 45.5. The van der Waals surface area contributed by atoms with Crippen molar-refractivity contribution in [2.45, 2.75) is 147 Å². The number of carbonyl (C=O) groups is 5. The molecule has 1 spiro atoms. The summed E-state index contributed by atoms with van der Waals surface area (Å²) in [4.78, 5) is 70.5. The summed E-state index contributed by atoms with van der Waals surface area (Å²) in [7, 11) is 0. The van der Waals surface area contributed by atoms with Crippen LogP contribution >= 0.6 is 0 Å². The van der Waals surface area contributed by atoms with Gasteiger partial charge < -0.3 is 53.8 Å². The number of rotatable bonds is 8. The van der Waals surface area contributed by atoms with Crippen molar-refractivity contribution >= 4 is 29.8 Å². The Balaban J connectivity index is 1.44. The number of carbonyl (C=O) groups excluding carboxylic acids is 5. The second-order valence-corrected chi connectivity index (χ2v) is 19.2. The lowest BCUT2D eigenvalue weighted by Crippen LogP contribution is -2.83. The number of fused-ring (bicyclic) bond motifs is 4. The Kier molecular flexibility index (Phi) is 11.3. The molecule has 16 nitrogen and oxygen atoms in total. The first-order valence-corrected chi connectivity index (χ1v) is 20.8. The average Bonchev–Trinajstić information content (AvgIpc) is 3.49. The summed E-state index contributed by atoms with van der Waals surface area (Å²) in [5, 5.41) is 39.0. The number of aliphatic hydroxyl groups excluding tert-OH is 3. The number of alkyl carbamates (subject to hydrolysis) is 1. The normalized spacial score (nSPS) is 35.2. The van der Waals surface area contributed by atoms with E-state index >= 15 is 4.79 Å². The van der Waals surface area contributed by atoms with Crippen LogP contribution in [-0.4, -0.2) is 117 Å². The number of esters is 3. The van der Waals surface area contributed by atoms with Crippen molar-refractivity contribution in [3.63, 3.8) is 0 Å². The minimum absolute atomic E-state index is 0.0278. The van der Waals surface area contributed by atoms with Crippen LogP contribution in [0.3, 0.4) is 0 Å². The van der Waals surface area contributed by atoms with Crippen molar-refractivity contribution in [1.29, 1.82) is 0 Å². The van der Waals surface area contributed by atoms with Crippen LogP contribution in [0.2, 0.25) is 0 Å². The highest BCUT2D eigenvalue weighted by molar-refractivity contribution is 5.94. The number of aliphatic hydroxyl groups is 3. The molecule has 0 unspecified atom stereocenters. The van der Waals surface area contributed by atoms with Crippen LogP contribution in [-0.2, 0) is 47.5 Å². The number of Topliss-reactive ketones (excluding diaryl/α,β-unsaturated/α-hetero) is 1. The molecule has 7 rings (SSSR count). The summed E-state index contributed by atoms with van der Waals surface area (Å²) in [6.07, 6.45) is -12.3. The lowest BCUT2D eigenvalue weighted by molar-refractivity contribution is -0.349. The fourth-order valence-electron chi connectivity index (χ4n) is 10.8. The highest BCUT2D eigenvalue weighted by Gasteiger charge is 2.82. The maximum atomic E-state index is 15.3. The van der Waals surface area contributed by atoms with E-state index in [9.17, 15) is 34.5 Å². The first-order valence-electron chi connectivity index (χ1n) is 20.8. The quantitative estimate of drug-likeness (QED) is 0.167. The smallest absolute Gasteiger partial charge is 0.408 e. The van der Waals surface area contributed by atoms with Crippen molar-refractivity contribution in [3.8, 4) is 0 Å². The van der Waals surface area contributed by atoms with E-state index in [0.717, 1.165) is 0 Å². The Labute approximate surface area is 360 Å². The van der Waals surface area contributed by atoms with Crippen molar-refractivity contribution in [2.24, 2.45) is 16.7 Å². The minimum Gasteiger partial charge on any atom is -0.455 e. The summed E-state index contributed by atoms with van der Waals surface area (Å²) in [5.74, 6) is -6.76. The molecular weight excluding hydrogens is 806 g/mol. The highest BCUT2D eigenvalue weighted by atomic mass is 16.8. The third kappa shape index (κ3) is 7.12. The van der Waals surface area contributed by atoms with Crippen molar-refractivity contribution in [2.75, 3.05) is 6.61 Å². The molecule has 0 aromatic heterocycles. The van der Waals surface area contributed by atoms with Crippen LogP contribution in [0.1, 0.15) is 97.6 Å². The maximum absolute atomic E-state index is 15.3. The van der Waals surface area contributed by atoms with Crippen LogP contribution in [0.15, 0.2) is 71.8 Å². The average molecular weight is 864 g/mol. The van der Waals surface area contributed by atoms with Gasteiger partial charge in [0.05, 0.1) is 35.6 Å². The van der Waals surface area contributed by atoms with Gasteiger partial charge >= 0.3 is 24.0 Å². The van der Waals surface area contributed by atoms with Crippen LogP contribution in [0, 0.1) is 16.7 Å². The molecule has 2 aliphatic heterocycles. The molecule has 2 saturated carbocycles. The van der Waals surface area contributed by atoms with E-state index in [4.69, 9.17) is 33.2 Å². The predicted octanol–water partition coefficient (Wildman–Crippen LogP) is 4.03. The standard InChI is InChI=1S/C46H57NO15/c1-23-29-31(50)35(52)44(10)27(49)21-28-45(22-56-28,59-24(2)48)34(44)37(58-38(53)26-19-15-12-16-20-26)46(42(29,6)7)36(60-43(8,9)62-46)33(23)57-39(54)32(51)30(25-17-13-11-14-18-25)47-40(55)61-41(3,4)5/h11-20,27-28,30-34,36-37,49-51H,21-22H2,1-10H3,(H,47,55)/t27-,28+,30-,31+,32+,33+,34-,36-,37-,44+,45-,46+/m0/s1. The van der Waals surface area contributed by atoms with E-state index in [1.165, 1.54) is 26.0 Å². The molecule has 2 aromatic rings. The Hall–Kier alpha value is -4.71. The van der Waals surface area contributed by atoms with E-state index < -0.39 is 118 Å². The zero-order valence-corrected chi connectivity index (χ0v) is 36.6. The number of ether oxygens (including phenoxy) is 7. The fourth-order valence-corrected chi connectivity index (χ4v) is 10.8. The summed E-state index contributed by atoms with van der Waals surface area (Å²) in [6.45, 7) is 15.4. The molecule has 5 aliphatic rings. The number of hydrogen-bond acceptors (Lipinski definition) is 15. The number of amides is 1. The van der Waals surface area contributed by atoms with Crippen molar-refractivity contribution in [3.05, 3.63) is 82.9 Å². The number of ketones is 1. The molecule has 4 N–H and O–H groups in total. The SMILES string of the molecule is CC(=O)O[C@@]12CO[C@@H]1C[C@H](O)[C@@]1(C)C(=O)[C@H](O)C3=C(C)[C@@H](OC(=O)[C@H](O)[C@@H](NC(=O)OC(C)(C)C)c4ccccc4)[C@@H]4OC(C)(C)O[C@]4([C@@H](OC(=O)c4ccccc4)[C@H]21)C3(C)C. The van der Waals surface area contributed by atoms with E-state index in [1.807, 2.05) is 0 Å². The Morgan fingerprint density at radius 1 is 0.919 bits per heavy atom. The summed E-state index contributed by atoms with van der Waals surface area (Å²) >= 11 is 0. The van der Waals surface area contributed by atoms with Crippen molar-refractivity contribution in [1.82, 2.24) is 5.32 Å². The molecule has 2 aromatic carbocycles. The minimum atomic E-state index is -2.07. The molecule has 12 atom stereocenters. The van der Waals surface area contributed by atoms with Gasteiger partial charge in [0, 0.05) is 18.8 Å². The maximum Gasteiger partial charge on any atom is 0.408 e. The summed E-state index contributed by atoms with van der Waals surface area (Å²) in [5.41, 5.74) is -7.57. The van der Waals surface area contributed by atoms with Crippen molar-refractivity contribution < 1.29 is 72.5 Å². The third-order valence-electron chi connectivity index (χ3n) is 13.4. The number of hydrogen-bond donors (Lipinski definition) is 4. The van der Waals surface area contributed by atoms with Crippen LogP contribution < -0.4 is 5.32 Å². The van der Waals surface area contributed by atoms with Gasteiger partial charge in [-0.05, 0) is 77.3 Å². The van der Waals surface area contributed by atoms with Gasteiger partial charge in [-0.3, -0.25) is 9.59 Å². The molecular formula is C46H57NO15. The van der Waals surface area contributed by atoms with Gasteiger partial charge in [-0.25, -0.2) is 14.4 Å². The molecule has 4 fully saturated rings. The molecule has 2 bridgehead atoms. The molecule has 62 heavy (non-hydrogen) atoms.